The quantitative estimate of drug-likeness (QED) is 0.0798. The Balaban J connectivity index is 0. The number of hydrogen-bond acceptors (Lipinski definition) is 3. The first kappa shape index (κ1) is 34.8. The molecule has 0 spiro atoms. The zero-order valence-corrected chi connectivity index (χ0v) is 22.9. The molecule has 1 N–H and O–H groups in total. The van der Waals surface area contributed by atoms with Gasteiger partial charge in [0.1, 0.15) is 0 Å². The van der Waals surface area contributed by atoms with Gasteiger partial charge in [0, 0.05) is 12.8 Å². The molecule has 0 aromatic rings. The molecule has 0 saturated heterocycles. The van der Waals surface area contributed by atoms with Crippen molar-refractivity contribution in [3.63, 3.8) is 0 Å². The van der Waals surface area contributed by atoms with E-state index in [0.717, 1.165) is 25.7 Å². The number of carbonyl (C=O) groups is 2. The van der Waals surface area contributed by atoms with E-state index in [4.69, 9.17) is 5.11 Å². The Bertz CT molecular complexity index is 434. The monoisotopic (exact) mass is 482 g/mol. The van der Waals surface area contributed by atoms with Gasteiger partial charge in [-0.3, -0.25) is 9.59 Å². The zero-order chi connectivity index (χ0) is 25.5. The molecule has 0 aliphatic rings. The van der Waals surface area contributed by atoms with Crippen LogP contribution in [0.3, 0.4) is 0 Å². The fourth-order valence-electron chi connectivity index (χ4n) is 4.03. The van der Waals surface area contributed by atoms with Crippen LogP contribution >= 0.6 is 0 Å². The Morgan fingerprint density at radius 3 is 1.15 bits per heavy atom. The predicted octanol–water partition coefficient (Wildman–Crippen LogP) is 10.1. The molecule has 0 aromatic carbocycles. The molecule has 0 fully saturated rings. The first-order chi connectivity index (χ1) is 16.6. The van der Waals surface area contributed by atoms with E-state index in [-0.39, 0.29) is 5.97 Å². The van der Waals surface area contributed by atoms with Gasteiger partial charge in [-0.05, 0) is 12.8 Å². The number of carboxylic acid groups (broad SMARTS) is 1. The van der Waals surface area contributed by atoms with E-state index in [2.05, 4.69) is 25.2 Å². The normalized spacial score (nSPS) is 10.4. The van der Waals surface area contributed by atoms with Crippen molar-refractivity contribution in [3.05, 3.63) is 12.8 Å². The van der Waals surface area contributed by atoms with Crippen LogP contribution in [-0.4, -0.2) is 17.0 Å². The highest BCUT2D eigenvalue weighted by Gasteiger charge is 2.00. The Morgan fingerprint density at radius 1 is 0.559 bits per heavy atom. The SMILES string of the molecule is C=COC(=O)CCCCCCCCCCCCCCCCC.CCCCCCCCCC(=O)O. The molecule has 0 bridgehead atoms. The van der Waals surface area contributed by atoms with Crippen LogP contribution in [0.15, 0.2) is 12.8 Å². The van der Waals surface area contributed by atoms with Crippen LogP contribution < -0.4 is 0 Å². The van der Waals surface area contributed by atoms with Gasteiger partial charge in [0.15, 0.2) is 0 Å². The van der Waals surface area contributed by atoms with Gasteiger partial charge < -0.3 is 9.84 Å². The lowest BCUT2D eigenvalue weighted by Gasteiger charge is -2.03. The molecule has 0 rings (SSSR count). The summed E-state index contributed by atoms with van der Waals surface area (Å²) in [7, 11) is 0. The summed E-state index contributed by atoms with van der Waals surface area (Å²) in [6.07, 6.45) is 30.5. The van der Waals surface area contributed by atoms with Crippen molar-refractivity contribution in [2.45, 2.75) is 168 Å². The number of unbranched alkanes of at least 4 members (excludes halogenated alkanes) is 20. The summed E-state index contributed by atoms with van der Waals surface area (Å²) < 4.78 is 4.69. The van der Waals surface area contributed by atoms with Crippen LogP contribution in [0, 0.1) is 0 Å². The first-order valence-electron chi connectivity index (χ1n) is 14.6. The van der Waals surface area contributed by atoms with Gasteiger partial charge in [-0.2, -0.15) is 0 Å². The average molecular weight is 483 g/mol. The molecule has 0 aliphatic carbocycles. The maximum atomic E-state index is 11.1. The predicted molar refractivity (Wildman–Crippen MR) is 146 cm³/mol. The van der Waals surface area contributed by atoms with Crippen LogP contribution in [-0.2, 0) is 14.3 Å². The second kappa shape index (κ2) is 31.7. The number of aliphatic carboxylic acids is 1. The Morgan fingerprint density at radius 2 is 0.853 bits per heavy atom. The highest BCUT2D eigenvalue weighted by molar-refractivity contribution is 5.69. The van der Waals surface area contributed by atoms with E-state index in [9.17, 15) is 9.59 Å². The van der Waals surface area contributed by atoms with Crippen LogP contribution in [0.2, 0.25) is 0 Å². The molecule has 0 aromatic heterocycles. The third kappa shape index (κ3) is 35.3. The van der Waals surface area contributed by atoms with E-state index in [1.807, 2.05) is 0 Å². The van der Waals surface area contributed by atoms with Gasteiger partial charge in [0.2, 0.25) is 0 Å². The van der Waals surface area contributed by atoms with Gasteiger partial charge in [0.05, 0.1) is 6.26 Å². The lowest BCUT2D eigenvalue weighted by molar-refractivity contribution is -0.138. The number of ether oxygens (including phenoxy) is 1. The van der Waals surface area contributed by atoms with Gasteiger partial charge in [0.25, 0.3) is 0 Å². The van der Waals surface area contributed by atoms with Crippen LogP contribution in [0.1, 0.15) is 168 Å². The van der Waals surface area contributed by atoms with E-state index < -0.39 is 5.97 Å². The van der Waals surface area contributed by atoms with Crippen LogP contribution in [0.25, 0.3) is 0 Å². The van der Waals surface area contributed by atoms with Gasteiger partial charge in [-0.25, -0.2) is 0 Å². The Kier molecular flexibility index (Phi) is 32.5. The molecule has 4 nitrogen and oxygen atoms in total. The third-order valence-electron chi connectivity index (χ3n) is 6.19. The van der Waals surface area contributed by atoms with Crippen molar-refractivity contribution >= 4 is 11.9 Å². The van der Waals surface area contributed by atoms with Crippen LogP contribution in [0.4, 0.5) is 0 Å². The number of esters is 1. The Hall–Kier alpha value is -1.32. The minimum Gasteiger partial charge on any atom is -0.481 e. The summed E-state index contributed by atoms with van der Waals surface area (Å²) in [5.41, 5.74) is 0. The molecular formula is C30H58O4. The van der Waals surface area contributed by atoms with Crippen molar-refractivity contribution < 1.29 is 19.4 Å². The summed E-state index contributed by atoms with van der Waals surface area (Å²) in [6, 6.07) is 0. The lowest BCUT2D eigenvalue weighted by Crippen LogP contribution is -1.98. The Labute approximate surface area is 212 Å². The van der Waals surface area contributed by atoms with Crippen molar-refractivity contribution in [1.82, 2.24) is 0 Å². The molecule has 0 heterocycles. The van der Waals surface area contributed by atoms with E-state index >= 15 is 0 Å². The first-order valence-corrected chi connectivity index (χ1v) is 14.6. The highest BCUT2D eigenvalue weighted by atomic mass is 16.5. The second-order valence-electron chi connectivity index (χ2n) is 9.62. The standard InChI is InChI=1S/C20H38O2.C10H20O2/c1-3-5-6-7-8-9-10-11-12-13-14-15-16-17-18-19-20(21)22-4-2;1-2-3-4-5-6-7-8-9-10(11)12/h4H,2-3,5-19H2,1H3;2-9H2,1H3,(H,11,12). The van der Waals surface area contributed by atoms with Crippen LogP contribution in [0.5, 0.6) is 0 Å². The summed E-state index contributed by atoms with van der Waals surface area (Å²) in [6.45, 7) is 7.85. The van der Waals surface area contributed by atoms with Crippen molar-refractivity contribution in [2.75, 3.05) is 0 Å². The second-order valence-corrected chi connectivity index (χ2v) is 9.62. The summed E-state index contributed by atoms with van der Waals surface area (Å²) in [5, 5.41) is 8.35. The van der Waals surface area contributed by atoms with E-state index in [1.165, 1.54) is 122 Å². The summed E-state index contributed by atoms with van der Waals surface area (Å²) >= 11 is 0. The van der Waals surface area contributed by atoms with Gasteiger partial charge in [-0.1, -0.05) is 149 Å². The molecule has 0 amide bonds. The van der Waals surface area contributed by atoms with Gasteiger partial charge >= 0.3 is 11.9 Å². The average Bonchev–Trinajstić information content (AvgIpc) is 2.81. The summed E-state index contributed by atoms with van der Waals surface area (Å²) in [5.74, 6) is -0.812. The topological polar surface area (TPSA) is 63.6 Å². The van der Waals surface area contributed by atoms with Gasteiger partial charge in [-0.15, -0.1) is 0 Å². The molecule has 0 aliphatic heterocycles. The highest BCUT2D eigenvalue weighted by Crippen LogP contribution is 2.14. The van der Waals surface area contributed by atoms with Crippen molar-refractivity contribution in [1.29, 1.82) is 0 Å². The molecule has 0 unspecified atom stereocenters. The number of carboxylic acids is 1. The fraction of sp³-hybridized carbons (Fsp3) is 0.867. The molecule has 0 radical (unpaired) electrons. The number of rotatable bonds is 25. The maximum Gasteiger partial charge on any atom is 0.310 e. The summed E-state index contributed by atoms with van der Waals surface area (Å²) in [4.78, 5) is 21.2. The lowest BCUT2D eigenvalue weighted by atomic mass is 10.0. The van der Waals surface area contributed by atoms with E-state index in [0.29, 0.717) is 12.8 Å². The fourth-order valence-corrected chi connectivity index (χ4v) is 4.03. The minimum atomic E-state index is -0.663. The molecular weight excluding hydrogens is 424 g/mol. The molecule has 0 atom stereocenters. The smallest absolute Gasteiger partial charge is 0.310 e. The van der Waals surface area contributed by atoms with Crippen molar-refractivity contribution in [2.24, 2.45) is 0 Å². The molecule has 34 heavy (non-hydrogen) atoms. The minimum absolute atomic E-state index is 0.148. The van der Waals surface area contributed by atoms with Crippen molar-refractivity contribution in [3.8, 4) is 0 Å². The zero-order valence-electron chi connectivity index (χ0n) is 22.9. The number of carbonyl (C=O) groups excluding carboxylic acids is 1. The maximum absolute atomic E-state index is 11.1. The molecule has 0 saturated carbocycles. The van der Waals surface area contributed by atoms with E-state index in [1.54, 1.807) is 0 Å². The largest absolute Gasteiger partial charge is 0.481 e. The third-order valence-corrected chi connectivity index (χ3v) is 6.19. The molecule has 4 heteroatoms. The number of hydrogen-bond donors (Lipinski definition) is 1. The molecule has 202 valence electrons.